The molecule has 0 amide bonds. The topological polar surface area (TPSA) is 91.2 Å². The maximum Gasteiger partial charge on any atom is 0.263 e. The lowest BCUT2D eigenvalue weighted by Gasteiger charge is -2.06. The van der Waals surface area contributed by atoms with E-state index in [4.69, 9.17) is 22.1 Å². The zero-order valence-electron chi connectivity index (χ0n) is 9.90. The quantitative estimate of drug-likeness (QED) is 0.658. The Balaban J connectivity index is 2.27. The summed E-state index contributed by atoms with van der Waals surface area (Å²) in [4.78, 5) is 1.10. The van der Waals surface area contributed by atoms with Gasteiger partial charge in [-0.1, -0.05) is 34.1 Å². The van der Waals surface area contributed by atoms with Gasteiger partial charge >= 0.3 is 0 Å². The van der Waals surface area contributed by atoms with Crippen molar-refractivity contribution in [2.45, 2.75) is 0 Å². The standard InChI is InChI=1S/C11H11ClN6O/c1-2-5-19-10-4-3-9(12)6-8(10)7-14-18-11(13)15-16-17-18/h2-4,6-7H,1,5H2,(H2,13,15,17)/b14-7-. The van der Waals surface area contributed by atoms with E-state index in [0.29, 0.717) is 22.9 Å². The Labute approximate surface area is 114 Å². The van der Waals surface area contributed by atoms with Gasteiger partial charge in [0.1, 0.15) is 12.4 Å². The van der Waals surface area contributed by atoms with E-state index in [1.54, 1.807) is 24.3 Å². The number of nitrogens with zero attached hydrogens (tertiary/aromatic N) is 5. The number of tetrazole rings is 1. The summed E-state index contributed by atoms with van der Waals surface area (Å²) in [6.07, 6.45) is 3.16. The summed E-state index contributed by atoms with van der Waals surface area (Å²) in [7, 11) is 0. The summed E-state index contributed by atoms with van der Waals surface area (Å²) < 4.78 is 5.48. The number of ether oxygens (including phenoxy) is 1. The highest BCUT2D eigenvalue weighted by Crippen LogP contribution is 2.21. The van der Waals surface area contributed by atoms with Gasteiger partial charge in [-0.25, -0.2) is 0 Å². The molecule has 0 saturated heterocycles. The Morgan fingerprint density at radius 2 is 2.37 bits per heavy atom. The Morgan fingerprint density at radius 1 is 1.53 bits per heavy atom. The van der Waals surface area contributed by atoms with Crippen LogP contribution in [0.1, 0.15) is 5.56 Å². The Hall–Kier alpha value is -2.41. The molecule has 7 nitrogen and oxygen atoms in total. The average Bonchev–Trinajstić information content (AvgIpc) is 2.81. The van der Waals surface area contributed by atoms with Gasteiger partial charge in [-0.05, 0) is 28.6 Å². The summed E-state index contributed by atoms with van der Waals surface area (Å²) in [6, 6.07) is 5.18. The van der Waals surface area contributed by atoms with Crippen LogP contribution in [0.4, 0.5) is 5.95 Å². The Bertz CT molecular complexity index is 609. The van der Waals surface area contributed by atoms with E-state index in [9.17, 15) is 0 Å². The van der Waals surface area contributed by atoms with Gasteiger partial charge in [0, 0.05) is 10.6 Å². The summed E-state index contributed by atoms with van der Waals surface area (Å²) in [5, 5.41) is 15.1. The van der Waals surface area contributed by atoms with Crippen LogP contribution < -0.4 is 10.5 Å². The number of nitrogen functional groups attached to an aromatic ring is 1. The van der Waals surface area contributed by atoms with Gasteiger partial charge in [0.05, 0.1) is 6.21 Å². The zero-order chi connectivity index (χ0) is 13.7. The molecule has 2 rings (SSSR count). The molecule has 0 bridgehead atoms. The SMILES string of the molecule is C=CCOc1ccc(Cl)cc1/C=N\n1nnnc1N. The van der Waals surface area contributed by atoms with Crippen LogP contribution in [0.2, 0.25) is 5.02 Å². The van der Waals surface area contributed by atoms with Crippen LogP contribution in [-0.2, 0) is 0 Å². The van der Waals surface area contributed by atoms with E-state index in [1.807, 2.05) is 0 Å². The number of anilines is 1. The summed E-state index contributed by atoms with van der Waals surface area (Å²) in [5.41, 5.74) is 6.18. The van der Waals surface area contributed by atoms with Crippen LogP contribution >= 0.6 is 11.6 Å². The number of rotatable bonds is 5. The summed E-state index contributed by atoms with van der Waals surface area (Å²) in [5.74, 6) is 0.714. The lowest BCUT2D eigenvalue weighted by atomic mass is 10.2. The average molecular weight is 279 g/mol. The second-order valence-electron chi connectivity index (χ2n) is 3.45. The largest absolute Gasteiger partial charge is 0.489 e. The van der Waals surface area contributed by atoms with E-state index in [1.165, 1.54) is 6.21 Å². The highest BCUT2D eigenvalue weighted by Gasteiger charge is 2.03. The highest BCUT2D eigenvalue weighted by molar-refractivity contribution is 6.30. The molecule has 0 saturated carbocycles. The number of hydrogen-bond acceptors (Lipinski definition) is 6. The number of aromatic nitrogens is 4. The molecule has 0 aliphatic heterocycles. The molecule has 1 aromatic heterocycles. The van der Waals surface area contributed by atoms with E-state index in [-0.39, 0.29) is 5.95 Å². The molecule has 0 radical (unpaired) electrons. The lowest BCUT2D eigenvalue weighted by Crippen LogP contribution is -2.01. The molecule has 19 heavy (non-hydrogen) atoms. The minimum absolute atomic E-state index is 0.0897. The first-order valence-corrected chi connectivity index (χ1v) is 5.70. The van der Waals surface area contributed by atoms with Gasteiger partial charge in [0.25, 0.3) is 5.95 Å². The molecule has 0 unspecified atom stereocenters. The molecule has 0 aliphatic carbocycles. The molecule has 0 aliphatic rings. The fourth-order valence-corrected chi connectivity index (χ4v) is 1.47. The first-order chi connectivity index (χ1) is 9.20. The maximum absolute atomic E-state index is 5.93. The zero-order valence-corrected chi connectivity index (χ0v) is 10.7. The van der Waals surface area contributed by atoms with Crippen LogP contribution in [0.15, 0.2) is 36.0 Å². The Morgan fingerprint density at radius 3 is 3.05 bits per heavy atom. The second-order valence-corrected chi connectivity index (χ2v) is 3.89. The van der Waals surface area contributed by atoms with Crippen molar-refractivity contribution in [2.75, 3.05) is 12.3 Å². The van der Waals surface area contributed by atoms with Gasteiger partial charge < -0.3 is 10.5 Å². The van der Waals surface area contributed by atoms with Gasteiger partial charge in [-0.3, -0.25) is 0 Å². The molecule has 1 heterocycles. The van der Waals surface area contributed by atoms with Gasteiger partial charge in [0.15, 0.2) is 0 Å². The highest BCUT2D eigenvalue weighted by atomic mass is 35.5. The first-order valence-electron chi connectivity index (χ1n) is 5.32. The maximum atomic E-state index is 5.93. The minimum Gasteiger partial charge on any atom is -0.489 e. The minimum atomic E-state index is 0.0897. The van der Waals surface area contributed by atoms with Crippen molar-refractivity contribution in [1.82, 2.24) is 20.3 Å². The van der Waals surface area contributed by atoms with E-state index in [0.717, 1.165) is 4.79 Å². The predicted molar refractivity (Wildman–Crippen MR) is 72.4 cm³/mol. The van der Waals surface area contributed by atoms with E-state index >= 15 is 0 Å². The normalized spacial score (nSPS) is 10.8. The predicted octanol–water partition coefficient (Wildman–Crippen LogP) is 1.36. The molecule has 0 fully saturated rings. The van der Waals surface area contributed by atoms with Crippen molar-refractivity contribution in [3.63, 3.8) is 0 Å². The molecule has 1 aromatic carbocycles. The summed E-state index contributed by atoms with van der Waals surface area (Å²) >= 11 is 5.93. The first kappa shape index (κ1) is 13.0. The van der Waals surface area contributed by atoms with Crippen molar-refractivity contribution in [3.05, 3.63) is 41.4 Å². The van der Waals surface area contributed by atoms with Crippen molar-refractivity contribution in [1.29, 1.82) is 0 Å². The third kappa shape index (κ3) is 3.29. The molecule has 0 atom stereocenters. The van der Waals surface area contributed by atoms with Crippen LogP contribution in [0.25, 0.3) is 0 Å². The number of hydrogen-bond donors (Lipinski definition) is 1. The molecule has 8 heteroatoms. The van der Waals surface area contributed by atoms with Gasteiger partial charge in [0.2, 0.25) is 0 Å². The third-order valence-corrected chi connectivity index (χ3v) is 2.35. The molecule has 98 valence electrons. The molecule has 2 N–H and O–H groups in total. The van der Waals surface area contributed by atoms with Crippen LogP contribution in [0.3, 0.4) is 0 Å². The number of benzene rings is 1. The third-order valence-electron chi connectivity index (χ3n) is 2.11. The van der Waals surface area contributed by atoms with Crippen molar-refractivity contribution in [3.8, 4) is 5.75 Å². The van der Waals surface area contributed by atoms with Crippen molar-refractivity contribution < 1.29 is 4.74 Å². The van der Waals surface area contributed by atoms with Gasteiger partial charge in [-0.2, -0.15) is 5.10 Å². The smallest absolute Gasteiger partial charge is 0.263 e. The van der Waals surface area contributed by atoms with Crippen LogP contribution in [-0.4, -0.2) is 33.1 Å². The van der Waals surface area contributed by atoms with Crippen LogP contribution in [0, 0.1) is 0 Å². The molecular weight excluding hydrogens is 268 g/mol. The lowest BCUT2D eigenvalue weighted by molar-refractivity contribution is 0.362. The Kier molecular flexibility index (Phi) is 4.09. The monoisotopic (exact) mass is 278 g/mol. The fourth-order valence-electron chi connectivity index (χ4n) is 1.29. The fraction of sp³-hybridized carbons (Fsp3) is 0.0909. The number of nitrogens with two attached hydrogens (primary N) is 1. The number of halogens is 1. The second kappa shape index (κ2) is 5.96. The van der Waals surface area contributed by atoms with Crippen molar-refractivity contribution in [2.24, 2.45) is 5.10 Å². The summed E-state index contributed by atoms with van der Waals surface area (Å²) in [6.45, 7) is 3.97. The molecule has 2 aromatic rings. The van der Waals surface area contributed by atoms with E-state index < -0.39 is 0 Å². The molecular formula is C11H11ClN6O. The molecule has 0 spiro atoms. The van der Waals surface area contributed by atoms with Crippen LogP contribution in [0.5, 0.6) is 5.75 Å². The van der Waals surface area contributed by atoms with Gasteiger partial charge in [-0.15, -0.1) is 0 Å². The van der Waals surface area contributed by atoms with Crippen molar-refractivity contribution >= 4 is 23.8 Å². The van der Waals surface area contributed by atoms with E-state index in [2.05, 4.69) is 27.2 Å².